The molecule has 1 aliphatic carbocycles. The lowest BCUT2D eigenvalue weighted by molar-refractivity contribution is -0.149. The molecule has 188 valence electrons. The van der Waals surface area contributed by atoms with Crippen LogP contribution in [0.4, 0.5) is 5.95 Å². The topological polar surface area (TPSA) is 138 Å². The van der Waals surface area contributed by atoms with Crippen LogP contribution in [0, 0.1) is 5.92 Å². The van der Waals surface area contributed by atoms with Gasteiger partial charge in [0.25, 0.3) is 0 Å². The minimum atomic E-state index is -3.50. The highest BCUT2D eigenvalue weighted by molar-refractivity contribution is 7.89. The molecule has 1 fully saturated rings. The first-order chi connectivity index (χ1) is 16.8. The molecule has 0 spiro atoms. The van der Waals surface area contributed by atoms with Gasteiger partial charge in [-0.05, 0) is 63.3 Å². The first kappa shape index (κ1) is 24.9. The third-order valence-corrected chi connectivity index (χ3v) is 6.95. The number of fused-ring (bicyclic) bond motifs is 1. The lowest BCUT2D eigenvalue weighted by Crippen LogP contribution is -2.30. The number of hydrogen-bond donors (Lipinski definition) is 2. The summed E-state index contributed by atoms with van der Waals surface area (Å²) >= 11 is 0. The molecule has 1 aliphatic rings. The molecule has 3 N–H and O–H groups in total. The summed E-state index contributed by atoms with van der Waals surface area (Å²) in [6.07, 6.45) is 7.24. The largest absolute Gasteiger partial charge is 0.493 e. The van der Waals surface area contributed by atoms with Crippen molar-refractivity contribution in [3.63, 3.8) is 0 Å². The van der Waals surface area contributed by atoms with Gasteiger partial charge in [0.1, 0.15) is 11.6 Å². The zero-order chi connectivity index (χ0) is 24.8. The number of carbonyl (C=O) groups is 1. The van der Waals surface area contributed by atoms with Gasteiger partial charge in [0.15, 0.2) is 0 Å². The molecule has 0 amide bonds. The van der Waals surface area contributed by atoms with Gasteiger partial charge in [-0.1, -0.05) is 6.07 Å². The van der Waals surface area contributed by atoms with Crippen LogP contribution in [0.1, 0.15) is 39.0 Å². The number of nitrogens with one attached hydrogen (secondary N) is 1. The van der Waals surface area contributed by atoms with E-state index in [0.717, 1.165) is 36.6 Å². The average molecular weight is 502 g/mol. The maximum atomic E-state index is 12.0. The van der Waals surface area contributed by atoms with Gasteiger partial charge in [-0.3, -0.25) is 4.79 Å². The van der Waals surface area contributed by atoms with Crippen molar-refractivity contribution in [1.29, 1.82) is 0 Å². The minimum absolute atomic E-state index is 0.0254. The maximum absolute atomic E-state index is 12.0. The monoisotopic (exact) mass is 501 g/mol. The molecule has 0 saturated heterocycles. The summed E-state index contributed by atoms with van der Waals surface area (Å²) in [5, 5.41) is 9.36. The van der Waals surface area contributed by atoms with Crippen LogP contribution >= 0.6 is 0 Å². The lowest BCUT2D eigenvalue weighted by Gasteiger charge is -2.27. The standard InChI is InChI=1S/C24H31N5O5S/c1-2-33-23(30)17-7-9-18(10-8-17)27-24-26-13-11-22(28-24)29-14-12-19-20(29)5-3-6-21(19)34-15-4-16-35(25,31)32/h3,5-6,11-14,17-18H,2,4,7-10,15-16H2,1H3,(H2,25,31,32)(H,26,27,28). The van der Waals surface area contributed by atoms with Crippen LogP contribution in [0.5, 0.6) is 5.75 Å². The van der Waals surface area contributed by atoms with Crippen LogP contribution in [0.15, 0.2) is 42.7 Å². The van der Waals surface area contributed by atoms with Gasteiger partial charge < -0.3 is 19.4 Å². The number of nitrogens with zero attached hydrogens (tertiary/aromatic N) is 3. The Labute approximate surface area is 204 Å². The van der Waals surface area contributed by atoms with Gasteiger partial charge in [0.2, 0.25) is 16.0 Å². The molecule has 0 unspecified atom stereocenters. The van der Waals surface area contributed by atoms with Crippen LogP contribution in [-0.2, 0) is 19.6 Å². The van der Waals surface area contributed by atoms with Crippen LogP contribution in [0.2, 0.25) is 0 Å². The van der Waals surface area contributed by atoms with E-state index in [0.29, 0.717) is 30.5 Å². The van der Waals surface area contributed by atoms with Gasteiger partial charge in [0.05, 0.1) is 30.4 Å². The Morgan fingerprint density at radius 3 is 2.74 bits per heavy atom. The van der Waals surface area contributed by atoms with Crippen molar-refractivity contribution >= 4 is 32.8 Å². The Morgan fingerprint density at radius 2 is 2.00 bits per heavy atom. The fourth-order valence-corrected chi connectivity index (χ4v) is 4.90. The second-order valence-electron chi connectivity index (χ2n) is 8.63. The normalized spacial score (nSPS) is 18.3. The lowest BCUT2D eigenvalue weighted by atomic mass is 9.86. The summed E-state index contributed by atoms with van der Waals surface area (Å²) in [5.41, 5.74) is 0.911. The average Bonchev–Trinajstić information content (AvgIpc) is 3.27. The summed E-state index contributed by atoms with van der Waals surface area (Å²) in [6, 6.07) is 9.69. The van der Waals surface area contributed by atoms with E-state index in [1.54, 1.807) is 6.20 Å². The van der Waals surface area contributed by atoms with Gasteiger partial charge in [-0.25, -0.2) is 18.5 Å². The number of esters is 1. The third-order valence-electron chi connectivity index (χ3n) is 6.09. The summed E-state index contributed by atoms with van der Waals surface area (Å²) in [5.74, 6) is 1.68. The predicted octanol–water partition coefficient (Wildman–Crippen LogP) is 3.01. The van der Waals surface area contributed by atoms with Crippen LogP contribution in [0.25, 0.3) is 16.7 Å². The molecule has 10 nitrogen and oxygen atoms in total. The molecule has 1 aromatic carbocycles. The number of sulfonamides is 1. The zero-order valence-corrected chi connectivity index (χ0v) is 20.5. The van der Waals surface area contributed by atoms with Gasteiger partial charge in [0, 0.05) is 23.8 Å². The molecule has 0 aliphatic heterocycles. The molecular formula is C24H31N5O5S. The Kier molecular flexibility index (Phi) is 7.86. The van der Waals surface area contributed by atoms with Gasteiger partial charge in [-0.2, -0.15) is 4.98 Å². The van der Waals surface area contributed by atoms with Crippen LogP contribution < -0.4 is 15.2 Å². The molecule has 3 aromatic rings. The first-order valence-corrected chi connectivity index (χ1v) is 13.6. The fourth-order valence-electron chi connectivity index (χ4n) is 4.38. The summed E-state index contributed by atoms with van der Waals surface area (Å²) in [4.78, 5) is 21.1. The van der Waals surface area contributed by atoms with E-state index >= 15 is 0 Å². The maximum Gasteiger partial charge on any atom is 0.308 e. The molecule has 35 heavy (non-hydrogen) atoms. The highest BCUT2D eigenvalue weighted by Gasteiger charge is 2.27. The molecule has 1 saturated carbocycles. The SMILES string of the molecule is CCOC(=O)C1CCC(Nc2nccc(-n3ccc4c(OCCCS(N)(=O)=O)cccc43)n2)CC1. The van der Waals surface area contributed by atoms with Crippen molar-refractivity contribution in [3.05, 3.63) is 42.7 Å². The van der Waals surface area contributed by atoms with E-state index in [1.165, 1.54) is 0 Å². The number of anilines is 1. The third kappa shape index (κ3) is 6.49. The molecule has 2 aromatic heterocycles. The number of hydrogen-bond acceptors (Lipinski definition) is 8. The molecule has 2 heterocycles. The van der Waals surface area contributed by atoms with Crippen LogP contribution in [-0.4, -0.2) is 53.9 Å². The van der Waals surface area contributed by atoms with E-state index in [2.05, 4.69) is 10.3 Å². The van der Waals surface area contributed by atoms with Crippen molar-refractivity contribution in [2.45, 2.75) is 45.1 Å². The Hall–Kier alpha value is -3.18. The van der Waals surface area contributed by atoms with E-state index in [1.807, 2.05) is 48.0 Å². The predicted molar refractivity (Wildman–Crippen MR) is 133 cm³/mol. The zero-order valence-electron chi connectivity index (χ0n) is 19.7. The Bertz CT molecular complexity index is 1270. The van der Waals surface area contributed by atoms with Crippen molar-refractivity contribution in [1.82, 2.24) is 14.5 Å². The summed E-state index contributed by atoms with van der Waals surface area (Å²) < 4.78 is 35.2. The van der Waals surface area contributed by atoms with E-state index in [-0.39, 0.29) is 30.3 Å². The van der Waals surface area contributed by atoms with E-state index in [4.69, 9.17) is 19.6 Å². The summed E-state index contributed by atoms with van der Waals surface area (Å²) in [6.45, 7) is 2.49. The second kappa shape index (κ2) is 11.0. The summed E-state index contributed by atoms with van der Waals surface area (Å²) in [7, 11) is -3.50. The number of aromatic nitrogens is 3. The van der Waals surface area contributed by atoms with E-state index in [9.17, 15) is 13.2 Å². The Balaban J connectivity index is 1.42. The molecule has 4 rings (SSSR count). The van der Waals surface area contributed by atoms with E-state index < -0.39 is 10.0 Å². The van der Waals surface area contributed by atoms with Crippen molar-refractivity contribution in [2.24, 2.45) is 11.1 Å². The number of benzene rings is 1. The Morgan fingerprint density at radius 1 is 1.20 bits per heavy atom. The van der Waals surface area contributed by atoms with Gasteiger partial charge >= 0.3 is 5.97 Å². The van der Waals surface area contributed by atoms with Crippen molar-refractivity contribution in [3.8, 4) is 11.6 Å². The first-order valence-electron chi connectivity index (χ1n) is 11.8. The number of carbonyl (C=O) groups excluding carboxylic acids is 1. The molecule has 0 atom stereocenters. The van der Waals surface area contributed by atoms with Crippen molar-refractivity contribution in [2.75, 3.05) is 24.3 Å². The number of rotatable bonds is 10. The molecule has 11 heteroatoms. The highest BCUT2D eigenvalue weighted by Crippen LogP contribution is 2.29. The quantitative estimate of drug-likeness (QED) is 0.319. The molecule has 0 radical (unpaired) electrons. The molecular weight excluding hydrogens is 470 g/mol. The number of primary sulfonamides is 1. The minimum Gasteiger partial charge on any atom is -0.493 e. The fraction of sp³-hybridized carbons (Fsp3) is 0.458. The van der Waals surface area contributed by atoms with Crippen LogP contribution in [0.3, 0.4) is 0 Å². The van der Waals surface area contributed by atoms with Gasteiger partial charge in [-0.15, -0.1) is 0 Å². The van der Waals surface area contributed by atoms with Crippen molar-refractivity contribution < 1.29 is 22.7 Å². The number of ether oxygens (including phenoxy) is 2. The highest BCUT2D eigenvalue weighted by atomic mass is 32.2. The smallest absolute Gasteiger partial charge is 0.308 e. The molecule has 0 bridgehead atoms. The second-order valence-corrected chi connectivity index (χ2v) is 10.4. The number of nitrogens with two attached hydrogens (primary N) is 1.